The molecule has 0 radical (unpaired) electrons. The number of rotatable bonds is 5. The van der Waals surface area contributed by atoms with Crippen LogP contribution in [0, 0.1) is 5.92 Å². The zero-order valence-electron chi connectivity index (χ0n) is 13.5. The van der Waals surface area contributed by atoms with Crippen LogP contribution in [0.2, 0.25) is 5.15 Å². The van der Waals surface area contributed by atoms with Gasteiger partial charge in [0.2, 0.25) is 0 Å². The molecular weight excluding hydrogens is 324 g/mol. The Morgan fingerprint density at radius 3 is 2.67 bits per heavy atom. The highest BCUT2D eigenvalue weighted by Crippen LogP contribution is 2.24. The minimum absolute atomic E-state index is 0.00207. The first-order chi connectivity index (χ1) is 11.7. The lowest BCUT2D eigenvalue weighted by Crippen LogP contribution is -2.35. The summed E-state index contributed by atoms with van der Waals surface area (Å²) in [6.07, 6.45) is 6.50. The Hall–Kier alpha value is -2.14. The van der Waals surface area contributed by atoms with E-state index >= 15 is 0 Å². The molecule has 1 aliphatic rings. The number of anilines is 1. The Kier molecular flexibility index (Phi) is 5.64. The lowest BCUT2D eigenvalue weighted by molar-refractivity contribution is 0.0950. The molecule has 1 saturated heterocycles. The zero-order chi connectivity index (χ0) is 16.8. The summed E-state index contributed by atoms with van der Waals surface area (Å²) in [6, 6.07) is 9.33. The molecule has 2 aromatic rings. The summed E-state index contributed by atoms with van der Waals surface area (Å²) in [4.78, 5) is 22.6. The summed E-state index contributed by atoms with van der Waals surface area (Å²) in [5.74, 6) is 1.48. The van der Waals surface area contributed by atoms with Crippen molar-refractivity contribution in [2.24, 2.45) is 5.92 Å². The fourth-order valence-corrected chi connectivity index (χ4v) is 3.16. The Morgan fingerprint density at radius 1 is 1.21 bits per heavy atom. The molecule has 1 amide bonds. The van der Waals surface area contributed by atoms with E-state index in [0.717, 1.165) is 44.7 Å². The van der Waals surface area contributed by atoms with Gasteiger partial charge in [-0.3, -0.25) is 9.78 Å². The highest BCUT2D eigenvalue weighted by Gasteiger charge is 2.20. The number of carbonyl (C=O) groups excluding carboxylic acids is 1. The molecule has 1 aliphatic heterocycles. The van der Waals surface area contributed by atoms with Gasteiger partial charge in [0.05, 0.1) is 12.4 Å². The molecule has 1 N–H and O–H groups in total. The van der Waals surface area contributed by atoms with Crippen molar-refractivity contribution in [3.8, 4) is 0 Å². The van der Waals surface area contributed by atoms with Crippen LogP contribution in [0.4, 0.5) is 5.82 Å². The van der Waals surface area contributed by atoms with Crippen molar-refractivity contribution in [3.63, 3.8) is 0 Å². The Bertz CT molecular complexity index is 672. The maximum absolute atomic E-state index is 12.0. The SMILES string of the molecule is O=C(NCCC1CCN(c2cncc(Cl)n2)CC1)c1ccccc1. The summed E-state index contributed by atoms with van der Waals surface area (Å²) >= 11 is 5.90. The third kappa shape index (κ3) is 4.45. The van der Waals surface area contributed by atoms with Crippen LogP contribution in [0.1, 0.15) is 29.6 Å². The van der Waals surface area contributed by atoms with Gasteiger partial charge in [-0.15, -0.1) is 0 Å². The van der Waals surface area contributed by atoms with Crippen molar-refractivity contribution >= 4 is 23.3 Å². The first-order valence-corrected chi connectivity index (χ1v) is 8.66. The molecule has 0 spiro atoms. The standard InChI is InChI=1S/C18H21ClN4O/c19-16-12-20-13-17(22-16)23-10-7-14(8-11-23)6-9-21-18(24)15-4-2-1-3-5-15/h1-5,12-14H,6-11H2,(H,21,24). The average molecular weight is 345 g/mol. The van der Waals surface area contributed by atoms with E-state index in [1.165, 1.54) is 0 Å². The molecule has 1 aromatic carbocycles. The second-order valence-corrected chi connectivity index (χ2v) is 6.43. The molecule has 0 aliphatic carbocycles. The average Bonchev–Trinajstić information content (AvgIpc) is 2.63. The van der Waals surface area contributed by atoms with Crippen molar-refractivity contribution in [2.45, 2.75) is 19.3 Å². The van der Waals surface area contributed by atoms with Crippen LogP contribution in [-0.2, 0) is 0 Å². The number of carbonyl (C=O) groups is 1. The first kappa shape index (κ1) is 16.7. The quantitative estimate of drug-likeness (QED) is 0.905. The topological polar surface area (TPSA) is 58.1 Å². The number of piperidine rings is 1. The molecule has 0 unspecified atom stereocenters. The number of amides is 1. The van der Waals surface area contributed by atoms with Crippen LogP contribution in [-0.4, -0.2) is 35.5 Å². The van der Waals surface area contributed by atoms with Crippen molar-refractivity contribution in [1.82, 2.24) is 15.3 Å². The van der Waals surface area contributed by atoms with E-state index < -0.39 is 0 Å². The van der Waals surface area contributed by atoms with E-state index in [2.05, 4.69) is 20.2 Å². The Morgan fingerprint density at radius 2 is 1.96 bits per heavy atom. The van der Waals surface area contributed by atoms with E-state index in [1.54, 1.807) is 12.4 Å². The molecule has 126 valence electrons. The molecule has 0 saturated carbocycles. The van der Waals surface area contributed by atoms with Gasteiger partial charge in [-0.1, -0.05) is 29.8 Å². The maximum Gasteiger partial charge on any atom is 0.251 e. The second kappa shape index (κ2) is 8.11. The molecule has 0 atom stereocenters. The number of hydrogen-bond donors (Lipinski definition) is 1. The number of nitrogens with zero attached hydrogens (tertiary/aromatic N) is 3. The smallest absolute Gasteiger partial charge is 0.251 e. The number of halogens is 1. The fourth-order valence-electron chi connectivity index (χ4n) is 3.02. The third-order valence-electron chi connectivity index (χ3n) is 4.41. The van der Waals surface area contributed by atoms with Gasteiger partial charge < -0.3 is 10.2 Å². The van der Waals surface area contributed by atoms with Crippen molar-refractivity contribution < 1.29 is 4.79 Å². The van der Waals surface area contributed by atoms with Gasteiger partial charge in [0.1, 0.15) is 11.0 Å². The van der Waals surface area contributed by atoms with E-state index in [0.29, 0.717) is 16.6 Å². The van der Waals surface area contributed by atoms with Gasteiger partial charge in [0.15, 0.2) is 0 Å². The molecule has 1 fully saturated rings. The van der Waals surface area contributed by atoms with E-state index in [1.807, 2.05) is 30.3 Å². The van der Waals surface area contributed by atoms with Gasteiger partial charge >= 0.3 is 0 Å². The van der Waals surface area contributed by atoms with Crippen LogP contribution in [0.25, 0.3) is 0 Å². The van der Waals surface area contributed by atoms with Crippen LogP contribution < -0.4 is 10.2 Å². The fraction of sp³-hybridized carbons (Fsp3) is 0.389. The molecular formula is C18H21ClN4O. The van der Waals surface area contributed by atoms with Gasteiger partial charge in [-0.2, -0.15) is 0 Å². The van der Waals surface area contributed by atoms with Crippen LogP contribution in [0.15, 0.2) is 42.7 Å². The molecule has 5 nitrogen and oxygen atoms in total. The van der Waals surface area contributed by atoms with E-state index in [9.17, 15) is 4.79 Å². The molecule has 2 heterocycles. The van der Waals surface area contributed by atoms with Crippen LogP contribution in [0.3, 0.4) is 0 Å². The normalized spacial score (nSPS) is 15.3. The summed E-state index contributed by atoms with van der Waals surface area (Å²) in [6.45, 7) is 2.62. The summed E-state index contributed by atoms with van der Waals surface area (Å²) in [7, 11) is 0. The number of benzene rings is 1. The molecule has 0 bridgehead atoms. The molecule has 6 heteroatoms. The highest BCUT2D eigenvalue weighted by atomic mass is 35.5. The van der Waals surface area contributed by atoms with Gasteiger partial charge in [-0.25, -0.2) is 4.98 Å². The molecule has 1 aromatic heterocycles. The van der Waals surface area contributed by atoms with Crippen LogP contribution in [0.5, 0.6) is 0 Å². The van der Waals surface area contributed by atoms with Gasteiger partial charge in [0, 0.05) is 25.2 Å². The van der Waals surface area contributed by atoms with Crippen molar-refractivity contribution in [3.05, 3.63) is 53.4 Å². The first-order valence-electron chi connectivity index (χ1n) is 8.28. The van der Waals surface area contributed by atoms with Crippen molar-refractivity contribution in [2.75, 3.05) is 24.5 Å². The molecule has 3 rings (SSSR count). The predicted molar refractivity (Wildman–Crippen MR) is 95.4 cm³/mol. The summed E-state index contributed by atoms with van der Waals surface area (Å²) in [5.41, 5.74) is 0.715. The number of aromatic nitrogens is 2. The van der Waals surface area contributed by atoms with Crippen LogP contribution >= 0.6 is 11.6 Å². The molecule has 24 heavy (non-hydrogen) atoms. The number of hydrogen-bond acceptors (Lipinski definition) is 4. The monoisotopic (exact) mass is 344 g/mol. The Balaban J connectivity index is 1.40. The van der Waals surface area contributed by atoms with Gasteiger partial charge in [0.25, 0.3) is 5.91 Å². The minimum atomic E-state index is 0.00207. The van der Waals surface area contributed by atoms with Gasteiger partial charge in [-0.05, 0) is 37.3 Å². The lowest BCUT2D eigenvalue weighted by atomic mass is 9.93. The predicted octanol–water partition coefficient (Wildman–Crippen LogP) is 3.17. The largest absolute Gasteiger partial charge is 0.355 e. The minimum Gasteiger partial charge on any atom is -0.355 e. The number of nitrogens with one attached hydrogen (secondary N) is 1. The zero-order valence-corrected chi connectivity index (χ0v) is 14.2. The summed E-state index contributed by atoms with van der Waals surface area (Å²) < 4.78 is 0. The third-order valence-corrected chi connectivity index (χ3v) is 4.59. The maximum atomic E-state index is 12.0. The van der Waals surface area contributed by atoms with E-state index in [4.69, 9.17) is 11.6 Å². The lowest BCUT2D eigenvalue weighted by Gasteiger charge is -2.32. The van der Waals surface area contributed by atoms with Crippen molar-refractivity contribution in [1.29, 1.82) is 0 Å². The second-order valence-electron chi connectivity index (χ2n) is 6.04. The Labute approximate surface area is 147 Å². The van der Waals surface area contributed by atoms with E-state index in [-0.39, 0.29) is 5.91 Å². The summed E-state index contributed by atoms with van der Waals surface area (Å²) in [5, 5.41) is 3.43. The highest BCUT2D eigenvalue weighted by molar-refractivity contribution is 6.29.